The SMILES string of the molecule is CC/C=C\C/C=C\C/C=C\C/C=C\C/C=C\C/C=C\C/C=C\C/C=C\C/C=C\C/C=C\CCCCC(=O)OCC(COC(=O)CCCCCCC/C=C\CCCCCCCC)OC(=O)CCCCCCC/C=C\CCCCCCCC. The van der Waals surface area contributed by atoms with Gasteiger partial charge in [0.1, 0.15) is 13.2 Å². The number of allylic oxidation sites excluding steroid dienone is 24. The van der Waals surface area contributed by atoms with Crippen LogP contribution >= 0.6 is 0 Å². The van der Waals surface area contributed by atoms with Crippen LogP contribution in [0.1, 0.15) is 290 Å². The van der Waals surface area contributed by atoms with Gasteiger partial charge >= 0.3 is 17.9 Å². The van der Waals surface area contributed by atoms with Crippen LogP contribution in [-0.2, 0) is 28.6 Å². The quantitative estimate of drug-likeness (QED) is 0.0261. The van der Waals surface area contributed by atoms with Gasteiger partial charge in [0.25, 0.3) is 0 Å². The van der Waals surface area contributed by atoms with E-state index in [-0.39, 0.29) is 31.1 Å². The van der Waals surface area contributed by atoms with Crippen molar-refractivity contribution in [1.29, 1.82) is 0 Å². The molecule has 0 spiro atoms. The summed E-state index contributed by atoms with van der Waals surface area (Å²) in [4.78, 5) is 38.3. The van der Waals surface area contributed by atoms with Gasteiger partial charge in [-0.2, -0.15) is 0 Å². The summed E-state index contributed by atoms with van der Waals surface area (Å²) in [6.45, 7) is 6.47. The van der Waals surface area contributed by atoms with Gasteiger partial charge in [0.15, 0.2) is 6.10 Å². The van der Waals surface area contributed by atoms with E-state index in [2.05, 4.69) is 167 Å². The number of carbonyl (C=O) groups excluding carboxylic acids is 3. The number of unbranched alkanes of at least 4 members (excludes halogenated alkanes) is 24. The molecule has 0 aromatic rings. The zero-order valence-electron chi connectivity index (χ0n) is 52.5. The molecule has 1 atom stereocenters. The van der Waals surface area contributed by atoms with Gasteiger partial charge in [-0.15, -0.1) is 0 Å². The zero-order valence-corrected chi connectivity index (χ0v) is 52.5. The van der Waals surface area contributed by atoms with E-state index in [1.54, 1.807) is 0 Å². The lowest BCUT2D eigenvalue weighted by molar-refractivity contribution is -0.167. The summed E-state index contributed by atoms with van der Waals surface area (Å²) >= 11 is 0. The Morgan fingerprint density at radius 1 is 0.259 bits per heavy atom. The molecule has 1 unspecified atom stereocenters. The molecule has 0 fully saturated rings. The van der Waals surface area contributed by atoms with Gasteiger partial charge in [-0.25, -0.2) is 0 Å². The van der Waals surface area contributed by atoms with Crippen LogP contribution in [0.3, 0.4) is 0 Å². The molecule has 0 amide bonds. The van der Waals surface area contributed by atoms with Crippen LogP contribution in [-0.4, -0.2) is 37.2 Å². The van der Waals surface area contributed by atoms with Gasteiger partial charge in [-0.05, 0) is 148 Å². The van der Waals surface area contributed by atoms with Crippen LogP contribution in [0.2, 0.25) is 0 Å². The Morgan fingerprint density at radius 2 is 0.481 bits per heavy atom. The largest absolute Gasteiger partial charge is 0.462 e. The summed E-state index contributed by atoms with van der Waals surface area (Å²) in [6, 6.07) is 0. The van der Waals surface area contributed by atoms with Crippen molar-refractivity contribution in [3.05, 3.63) is 146 Å². The van der Waals surface area contributed by atoms with Gasteiger partial charge in [0.2, 0.25) is 0 Å². The predicted octanol–water partition coefficient (Wildman–Crippen LogP) is 23.1. The van der Waals surface area contributed by atoms with Crippen molar-refractivity contribution in [2.45, 2.75) is 297 Å². The fraction of sp³-hybridized carbons (Fsp3) is 0.640. The molecule has 458 valence electrons. The van der Waals surface area contributed by atoms with E-state index < -0.39 is 6.10 Å². The van der Waals surface area contributed by atoms with Crippen molar-refractivity contribution in [2.24, 2.45) is 0 Å². The first kappa shape index (κ1) is 76.3. The van der Waals surface area contributed by atoms with E-state index >= 15 is 0 Å². The molecule has 81 heavy (non-hydrogen) atoms. The van der Waals surface area contributed by atoms with Crippen LogP contribution < -0.4 is 0 Å². The molecular formula is C75H122O6. The van der Waals surface area contributed by atoms with Gasteiger partial charge in [-0.3, -0.25) is 14.4 Å². The third-order valence-corrected chi connectivity index (χ3v) is 13.8. The number of hydrogen-bond donors (Lipinski definition) is 0. The van der Waals surface area contributed by atoms with Crippen LogP contribution in [0.4, 0.5) is 0 Å². The van der Waals surface area contributed by atoms with Crippen LogP contribution in [0, 0.1) is 0 Å². The first-order valence-corrected chi connectivity index (χ1v) is 33.3. The molecule has 0 saturated heterocycles. The number of hydrogen-bond acceptors (Lipinski definition) is 6. The topological polar surface area (TPSA) is 78.9 Å². The smallest absolute Gasteiger partial charge is 0.306 e. The Hall–Kier alpha value is -4.71. The molecule has 0 aliphatic carbocycles. The maximum atomic E-state index is 12.9. The first-order chi connectivity index (χ1) is 40.0. The average Bonchev–Trinajstić information content (AvgIpc) is 3.47. The number of carbonyl (C=O) groups is 3. The highest BCUT2D eigenvalue weighted by Gasteiger charge is 2.19. The Labute approximate surface area is 499 Å². The standard InChI is InChI=1S/C75H122O6/c1-4-7-10-13-16-19-22-25-28-29-30-31-32-33-34-35-36-37-38-39-40-41-42-43-44-45-48-50-53-56-59-62-65-68-74(77)80-71-72(81-75(78)69-66-63-60-57-54-51-47-27-24-21-18-15-12-9-6-3)70-79-73(76)67-64-61-58-55-52-49-46-26-23-20-17-14-11-8-5-2/h7,10,16,19,25-28,30-31,33-34,36-37,39-40,42-43,45-48,53,56,72H,4-6,8-9,11-15,17-18,20-24,29,32,35,38,41,44,49-52,54-55,57-71H2,1-3H3/b10-7-,19-16-,28-25-,31-30-,34-33-,37-36-,40-39-,43-42-,46-26-,47-27-,48-45-,56-53-. The van der Waals surface area contributed by atoms with Gasteiger partial charge in [-0.1, -0.05) is 269 Å². The highest BCUT2D eigenvalue weighted by Crippen LogP contribution is 2.14. The highest BCUT2D eigenvalue weighted by molar-refractivity contribution is 5.71. The summed E-state index contributed by atoms with van der Waals surface area (Å²) in [6.07, 6.45) is 97.2. The summed E-state index contributed by atoms with van der Waals surface area (Å²) in [5, 5.41) is 0. The molecule has 0 rings (SSSR count). The minimum atomic E-state index is -0.810. The monoisotopic (exact) mass is 1120 g/mol. The minimum absolute atomic E-state index is 0.103. The number of ether oxygens (including phenoxy) is 3. The van der Waals surface area contributed by atoms with Gasteiger partial charge in [0, 0.05) is 19.3 Å². The average molecular weight is 1120 g/mol. The van der Waals surface area contributed by atoms with Crippen molar-refractivity contribution in [2.75, 3.05) is 13.2 Å². The molecule has 0 radical (unpaired) electrons. The van der Waals surface area contributed by atoms with Gasteiger partial charge < -0.3 is 14.2 Å². The summed E-state index contributed by atoms with van der Waals surface area (Å²) < 4.78 is 16.9. The lowest BCUT2D eigenvalue weighted by atomic mass is 10.1. The van der Waals surface area contributed by atoms with E-state index in [1.165, 1.54) is 103 Å². The molecule has 0 aliphatic rings. The zero-order chi connectivity index (χ0) is 58.5. The highest BCUT2D eigenvalue weighted by atomic mass is 16.6. The predicted molar refractivity (Wildman–Crippen MR) is 352 cm³/mol. The molecule has 6 heteroatoms. The Kier molecular flexibility index (Phi) is 63.9. The van der Waals surface area contributed by atoms with E-state index in [0.717, 1.165) is 141 Å². The summed E-state index contributed by atoms with van der Waals surface area (Å²) in [5.41, 5.74) is 0. The maximum absolute atomic E-state index is 12.9. The fourth-order valence-electron chi connectivity index (χ4n) is 8.81. The molecule has 0 saturated carbocycles. The fourth-order valence-corrected chi connectivity index (χ4v) is 8.81. The van der Waals surface area contributed by atoms with Crippen molar-refractivity contribution in [3.8, 4) is 0 Å². The molecule has 0 aromatic carbocycles. The number of esters is 3. The molecule has 0 bridgehead atoms. The Morgan fingerprint density at radius 3 is 0.790 bits per heavy atom. The Balaban J connectivity index is 4.41. The third kappa shape index (κ3) is 66.0. The summed E-state index contributed by atoms with van der Waals surface area (Å²) in [7, 11) is 0. The maximum Gasteiger partial charge on any atom is 0.306 e. The number of rotatable bonds is 59. The van der Waals surface area contributed by atoms with Crippen molar-refractivity contribution < 1.29 is 28.6 Å². The van der Waals surface area contributed by atoms with Crippen molar-refractivity contribution in [1.82, 2.24) is 0 Å². The molecule has 6 nitrogen and oxygen atoms in total. The molecular weight excluding hydrogens is 997 g/mol. The second-order valence-electron chi connectivity index (χ2n) is 21.6. The van der Waals surface area contributed by atoms with Crippen LogP contribution in [0.5, 0.6) is 0 Å². The molecule has 0 aromatic heterocycles. The molecule has 0 N–H and O–H groups in total. The normalized spacial score (nSPS) is 13.1. The van der Waals surface area contributed by atoms with Crippen LogP contribution in [0.15, 0.2) is 146 Å². The third-order valence-electron chi connectivity index (χ3n) is 13.8. The molecule has 0 aliphatic heterocycles. The molecule has 0 heterocycles. The van der Waals surface area contributed by atoms with Crippen molar-refractivity contribution in [3.63, 3.8) is 0 Å². The van der Waals surface area contributed by atoms with Gasteiger partial charge in [0.05, 0.1) is 0 Å². The van der Waals surface area contributed by atoms with E-state index in [4.69, 9.17) is 14.2 Å². The second-order valence-corrected chi connectivity index (χ2v) is 21.6. The lowest BCUT2D eigenvalue weighted by Crippen LogP contribution is -2.30. The van der Waals surface area contributed by atoms with Crippen molar-refractivity contribution >= 4 is 17.9 Å². The van der Waals surface area contributed by atoms with Crippen LogP contribution in [0.25, 0.3) is 0 Å². The Bertz CT molecular complexity index is 1760. The minimum Gasteiger partial charge on any atom is -0.462 e. The lowest BCUT2D eigenvalue weighted by Gasteiger charge is -2.18. The first-order valence-electron chi connectivity index (χ1n) is 33.3. The second kappa shape index (κ2) is 67.8. The van der Waals surface area contributed by atoms with E-state index in [0.29, 0.717) is 25.7 Å². The summed E-state index contributed by atoms with van der Waals surface area (Å²) in [5.74, 6) is -0.963. The van der Waals surface area contributed by atoms with E-state index in [1.807, 2.05) is 0 Å². The van der Waals surface area contributed by atoms with E-state index in [9.17, 15) is 14.4 Å².